The Bertz CT molecular complexity index is 1210. The number of alkyl halides is 6. The molecule has 35 heavy (non-hydrogen) atoms. The number of nitrogens with two attached hydrogens (primary N) is 1. The lowest BCUT2D eigenvalue weighted by Crippen LogP contribution is -2.43. The summed E-state index contributed by atoms with van der Waals surface area (Å²) in [5.74, 6) is -2.89. The molecule has 1 aliphatic rings. The zero-order valence-electron chi connectivity index (χ0n) is 17.7. The van der Waals surface area contributed by atoms with E-state index in [1.165, 1.54) is 0 Å². The Morgan fingerprint density at radius 1 is 1.20 bits per heavy atom. The van der Waals surface area contributed by atoms with E-state index in [9.17, 15) is 40.7 Å². The molecule has 18 heteroatoms. The smallest absolute Gasteiger partial charge is 0.428 e. The fraction of sp³-hybridized carbons (Fsp3) is 0.588. The lowest BCUT2D eigenvalue weighted by atomic mass is 10.1. The third-order valence-electron chi connectivity index (χ3n) is 4.73. The van der Waals surface area contributed by atoms with Gasteiger partial charge in [0.2, 0.25) is 12.1 Å². The largest absolute Gasteiger partial charge is 0.458 e. The summed E-state index contributed by atoms with van der Waals surface area (Å²) >= 11 is 5.90. The molecule has 4 atom stereocenters. The van der Waals surface area contributed by atoms with Crippen LogP contribution in [0.25, 0.3) is 11.2 Å². The number of carbonyl (C=O) groups excluding carboxylic acids is 2. The number of halogens is 7. The van der Waals surface area contributed by atoms with Crippen LogP contribution in [0.5, 0.6) is 0 Å². The van der Waals surface area contributed by atoms with E-state index in [2.05, 4.69) is 14.7 Å². The Balaban J connectivity index is 2.20. The number of anilines is 1. The Morgan fingerprint density at radius 3 is 2.34 bits per heavy atom. The molecule has 0 bridgehead atoms. The molecule has 11 nitrogen and oxygen atoms in total. The summed E-state index contributed by atoms with van der Waals surface area (Å²) in [6.45, 7) is -0.245. The molecule has 2 aromatic heterocycles. The summed E-state index contributed by atoms with van der Waals surface area (Å²) < 4.78 is 95.4. The predicted molar refractivity (Wildman–Crippen MR) is 103 cm³/mol. The zero-order valence-corrected chi connectivity index (χ0v) is 18.4. The third-order valence-corrected chi connectivity index (χ3v) is 5.00. The molecule has 0 amide bonds. The van der Waals surface area contributed by atoms with Crippen molar-refractivity contribution < 1.29 is 50.1 Å². The van der Waals surface area contributed by atoms with Gasteiger partial charge in [-0.3, -0.25) is 14.2 Å². The van der Waals surface area contributed by atoms with Crippen molar-refractivity contribution in [3.8, 4) is 0 Å². The molecule has 1 aliphatic heterocycles. The quantitative estimate of drug-likeness (QED) is 0.346. The van der Waals surface area contributed by atoms with Crippen molar-refractivity contribution >= 4 is 40.7 Å². The Hall–Kier alpha value is -3.08. The van der Waals surface area contributed by atoms with E-state index in [0.717, 1.165) is 6.92 Å². The lowest BCUT2D eigenvalue weighted by Gasteiger charge is -2.25. The number of nitrogen functional groups attached to an aromatic ring is 1. The van der Waals surface area contributed by atoms with E-state index in [1.54, 1.807) is 0 Å². The molecule has 1 unspecified atom stereocenters. The number of esters is 2. The van der Waals surface area contributed by atoms with Crippen molar-refractivity contribution in [3.63, 3.8) is 0 Å². The van der Waals surface area contributed by atoms with Crippen LogP contribution in [0.15, 0.2) is 4.79 Å². The van der Waals surface area contributed by atoms with E-state index >= 15 is 0 Å². The Labute approximate surface area is 195 Å². The molecular formula is C17H16ClF6N5O6. The first-order chi connectivity index (χ1) is 16.0. The fourth-order valence-corrected chi connectivity index (χ4v) is 3.92. The maximum Gasteiger partial charge on any atom is 0.428 e. The highest BCUT2D eigenvalue weighted by atomic mass is 35.5. The molecule has 2 N–H and O–H groups in total. The van der Waals surface area contributed by atoms with Crippen molar-refractivity contribution in [2.75, 3.05) is 5.73 Å². The second-order valence-electron chi connectivity index (χ2n) is 7.42. The summed E-state index contributed by atoms with van der Waals surface area (Å²) in [5.41, 5.74) is 2.79. The number of aromatic nitrogens is 4. The minimum absolute atomic E-state index is 0.131. The van der Waals surface area contributed by atoms with Crippen LogP contribution in [-0.4, -0.2) is 61.7 Å². The van der Waals surface area contributed by atoms with E-state index in [0.29, 0.717) is 11.5 Å². The second-order valence-corrected chi connectivity index (χ2v) is 7.78. The molecule has 194 valence electrons. The van der Waals surface area contributed by atoms with Crippen molar-refractivity contribution in [1.82, 2.24) is 19.1 Å². The molecule has 0 spiro atoms. The maximum absolute atomic E-state index is 13.6. The van der Waals surface area contributed by atoms with E-state index < -0.39 is 89.8 Å². The number of fused-ring (bicyclic) bond motifs is 1. The summed E-state index contributed by atoms with van der Waals surface area (Å²) in [6, 6.07) is 0. The van der Waals surface area contributed by atoms with Crippen LogP contribution in [0.3, 0.4) is 0 Å². The van der Waals surface area contributed by atoms with Gasteiger partial charge in [0.25, 0.3) is 0 Å². The Kier molecular flexibility index (Phi) is 6.95. The van der Waals surface area contributed by atoms with E-state index in [4.69, 9.17) is 26.8 Å². The number of rotatable bonds is 5. The van der Waals surface area contributed by atoms with Crippen molar-refractivity contribution in [2.45, 2.75) is 63.7 Å². The van der Waals surface area contributed by atoms with Crippen LogP contribution in [0.2, 0.25) is 5.15 Å². The number of hydrogen-bond donors (Lipinski definition) is 1. The van der Waals surface area contributed by atoms with Gasteiger partial charge < -0.3 is 19.9 Å². The average Bonchev–Trinajstić information content (AvgIpc) is 3.15. The van der Waals surface area contributed by atoms with Gasteiger partial charge in [-0.25, -0.2) is 9.36 Å². The van der Waals surface area contributed by atoms with Crippen LogP contribution < -0.4 is 11.4 Å². The highest BCUT2D eigenvalue weighted by Crippen LogP contribution is 2.40. The molecule has 3 heterocycles. The van der Waals surface area contributed by atoms with Crippen LogP contribution in [0.4, 0.5) is 32.3 Å². The molecule has 3 rings (SSSR count). The minimum Gasteiger partial charge on any atom is -0.458 e. The molecule has 0 aromatic carbocycles. The van der Waals surface area contributed by atoms with E-state index in [1.807, 2.05) is 0 Å². The minimum atomic E-state index is -5.14. The van der Waals surface area contributed by atoms with Gasteiger partial charge in [0.05, 0.1) is 0 Å². The molecule has 0 radical (unpaired) electrons. The topological polar surface area (TPSA) is 141 Å². The molecule has 0 aliphatic carbocycles. The first kappa shape index (κ1) is 26.5. The predicted octanol–water partition coefficient (Wildman–Crippen LogP) is 2.10. The number of imidazole rings is 1. The number of nitrogens with zero attached hydrogens (tertiary/aromatic N) is 4. The molecule has 0 saturated carbocycles. The van der Waals surface area contributed by atoms with Crippen LogP contribution >= 0.6 is 11.6 Å². The first-order valence-corrected chi connectivity index (χ1v) is 9.94. The zero-order chi connectivity index (χ0) is 26.5. The van der Waals surface area contributed by atoms with Crippen LogP contribution in [0, 0.1) is 0 Å². The molecule has 1 fully saturated rings. The van der Waals surface area contributed by atoms with Crippen molar-refractivity contribution in [3.05, 3.63) is 15.6 Å². The van der Waals surface area contributed by atoms with Gasteiger partial charge in [-0.2, -0.15) is 36.3 Å². The first-order valence-electron chi connectivity index (χ1n) is 9.56. The molecular weight excluding hydrogens is 520 g/mol. The Morgan fingerprint density at radius 2 is 1.83 bits per heavy atom. The summed E-state index contributed by atoms with van der Waals surface area (Å²) in [7, 11) is 0. The van der Waals surface area contributed by atoms with Gasteiger partial charge >= 0.3 is 30.0 Å². The lowest BCUT2D eigenvalue weighted by molar-refractivity contribution is -0.248. The van der Waals surface area contributed by atoms with Crippen molar-refractivity contribution in [1.29, 1.82) is 0 Å². The highest BCUT2D eigenvalue weighted by molar-refractivity contribution is 6.33. The van der Waals surface area contributed by atoms with Gasteiger partial charge in [-0.15, -0.1) is 0 Å². The number of ether oxygens (including phenoxy) is 3. The van der Waals surface area contributed by atoms with Gasteiger partial charge in [0.1, 0.15) is 24.3 Å². The number of carbonyl (C=O) groups is 2. The maximum atomic E-state index is 13.6. The SMILES string of the molecule is CC(=O)OC([C@@H]1C[C@@H](OC(C)=O)[C@H](n2c(=O)n(CC(F)(F)F)c3c(Cl)nc(N)nc32)O1)C(F)(F)F. The molecule has 1 saturated heterocycles. The van der Waals surface area contributed by atoms with Gasteiger partial charge in [-0.1, -0.05) is 11.6 Å². The standard InChI is InChI=1S/C17H16ClF6N5O6/c1-5(30)33-8-3-7(10(17(22,23)24)34-6(2)31)35-13(8)29-12-9(11(18)26-14(25)27-12)28(15(29)32)4-16(19,20)21/h7-8,10,13H,3-4H2,1-2H3,(H2,25,26,27)/t7-,8+,10?,13+/m0/s1. The monoisotopic (exact) mass is 535 g/mol. The van der Waals surface area contributed by atoms with Gasteiger partial charge in [0.15, 0.2) is 17.0 Å². The van der Waals surface area contributed by atoms with Gasteiger partial charge in [-0.05, 0) is 0 Å². The summed E-state index contributed by atoms with van der Waals surface area (Å²) in [4.78, 5) is 43.1. The highest BCUT2D eigenvalue weighted by Gasteiger charge is 2.54. The third kappa shape index (κ3) is 5.61. The van der Waals surface area contributed by atoms with Crippen LogP contribution in [-0.2, 0) is 30.3 Å². The average molecular weight is 536 g/mol. The normalized spacial score (nSPS) is 21.8. The number of hydrogen-bond acceptors (Lipinski definition) is 9. The second kappa shape index (κ2) is 9.18. The fourth-order valence-electron chi connectivity index (χ4n) is 3.65. The van der Waals surface area contributed by atoms with E-state index in [-0.39, 0.29) is 4.57 Å². The summed E-state index contributed by atoms with van der Waals surface area (Å²) in [6.07, 6.45) is -19.2. The molecule has 2 aromatic rings. The van der Waals surface area contributed by atoms with Crippen LogP contribution in [0.1, 0.15) is 26.5 Å². The summed E-state index contributed by atoms with van der Waals surface area (Å²) in [5, 5.41) is -0.653. The van der Waals surface area contributed by atoms with Gasteiger partial charge in [0, 0.05) is 20.3 Å². The van der Waals surface area contributed by atoms with Crippen molar-refractivity contribution in [2.24, 2.45) is 0 Å².